The highest BCUT2D eigenvalue weighted by Gasteiger charge is 2.53. The van der Waals surface area contributed by atoms with Crippen LogP contribution in [0, 0.1) is 11.7 Å². The predicted octanol–water partition coefficient (Wildman–Crippen LogP) is 2.41. The molecule has 2 bridgehead atoms. The fourth-order valence-corrected chi connectivity index (χ4v) is 5.37. The number of para-hydroxylation sites is 1. The minimum Gasteiger partial charge on any atom is -0.465 e. The lowest BCUT2D eigenvalue weighted by Gasteiger charge is -2.45. The number of halogens is 1. The maximum atomic E-state index is 13.3. The summed E-state index contributed by atoms with van der Waals surface area (Å²) in [6.07, 6.45) is 1.72. The van der Waals surface area contributed by atoms with Crippen LogP contribution in [-0.4, -0.2) is 16.1 Å². The number of ether oxygens (including phenoxy) is 1. The molecule has 7 heteroatoms. The first-order chi connectivity index (χ1) is 13.9. The number of hydrogen-bond donors (Lipinski definition) is 0. The topological polar surface area (TPSA) is 60.7 Å². The van der Waals surface area contributed by atoms with Crippen molar-refractivity contribution in [3.8, 4) is 5.75 Å². The van der Waals surface area contributed by atoms with E-state index in [2.05, 4.69) is 0 Å². The number of benzene rings is 2. The largest absolute Gasteiger partial charge is 0.465 e. The van der Waals surface area contributed by atoms with E-state index in [1.54, 1.807) is 29.7 Å². The quantitative estimate of drug-likeness (QED) is 0.654. The average molecular weight is 408 g/mol. The number of ketones is 1. The summed E-state index contributed by atoms with van der Waals surface area (Å²) < 4.78 is 21.4. The molecule has 29 heavy (non-hydrogen) atoms. The Hall–Kier alpha value is -3.06. The SMILES string of the molecule is CC(=O)[C@@H]1[C@@H]2c3ccccc3O[C@]1(C)N=c1s/c(=C\c3ccc(F)cc3)c(=O)n12. The van der Waals surface area contributed by atoms with Gasteiger partial charge in [0.2, 0.25) is 5.72 Å². The summed E-state index contributed by atoms with van der Waals surface area (Å²) in [6.45, 7) is 3.30. The molecule has 0 amide bonds. The number of fused-ring (bicyclic) bond motifs is 6. The Morgan fingerprint density at radius 2 is 1.97 bits per heavy atom. The van der Waals surface area contributed by atoms with E-state index in [4.69, 9.17) is 9.73 Å². The van der Waals surface area contributed by atoms with Gasteiger partial charge in [-0.2, -0.15) is 0 Å². The summed E-state index contributed by atoms with van der Waals surface area (Å²) >= 11 is 1.25. The summed E-state index contributed by atoms with van der Waals surface area (Å²) in [5, 5.41) is 0. The Balaban J connectivity index is 1.80. The van der Waals surface area contributed by atoms with Gasteiger partial charge in [-0.1, -0.05) is 41.7 Å². The van der Waals surface area contributed by atoms with E-state index in [-0.39, 0.29) is 17.2 Å². The van der Waals surface area contributed by atoms with Gasteiger partial charge in [-0.05, 0) is 43.7 Å². The second-order valence-corrected chi connectivity index (χ2v) is 8.47. The second-order valence-electron chi connectivity index (χ2n) is 7.46. The first-order valence-corrected chi connectivity index (χ1v) is 10.1. The van der Waals surface area contributed by atoms with E-state index in [9.17, 15) is 14.0 Å². The summed E-state index contributed by atoms with van der Waals surface area (Å²) in [6, 6.07) is 12.9. The maximum absolute atomic E-state index is 13.3. The monoisotopic (exact) mass is 408 g/mol. The Bertz CT molecular complexity index is 1330. The molecule has 2 aromatic carbocycles. The van der Waals surface area contributed by atoms with Crippen LogP contribution in [0.25, 0.3) is 6.08 Å². The van der Waals surface area contributed by atoms with Crippen molar-refractivity contribution >= 4 is 23.2 Å². The van der Waals surface area contributed by atoms with Crippen molar-refractivity contribution in [3.05, 3.63) is 85.2 Å². The molecular formula is C22H17FN2O3S. The number of aromatic nitrogens is 1. The Kier molecular flexibility index (Phi) is 3.86. The van der Waals surface area contributed by atoms with Gasteiger partial charge in [0, 0.05) is 5.56 Å². The van der Waals surface area contributed by atoms with Crippen molar-refractivity contribution in [2.45, 2.75) is 25.6 Å². The van der Waals surface area contributed by atoms with Crippen LogP contribution in [0.5, 0.6) is 5.75 Å². The molecule has 0 fully saturated rings. The van der Waals surface area contributed by atoms with Gasteiger partial charge in [-0.25, -0.2) is 9.38 Å². The number of carbonyl (C=O) groups is 1. The molecule has 0 radical (unpaired) electrons. The van der Waals surface area contributed by atoms with Crippen LogP contribution in [0.1, 0.15) is 31.0 Å². The van der Waals surface area contributed by atoms with Crippen LogP contribution < -0.4 is 19.6 Å². The third kappa shape index (κ3) is 2.68. The van der Waals surface area contributed by atoms with E-state index < -0.39 is 17.7 Å². The number of carbonyl (C=O) groups excluding carboxylic acids is 1. The normalized spacial score (nSPS) is 24.9. The number of thiazole rings is 1. The molecule has 3 atom stereocenters. The first-order valence-electron chi connectivity index (χ1n) is 9.24. The number of Topliss-reactive ketones (excluding diaryl/α,β-unsaturated/α-hetero) is 1. The minimum atomic E-state index is -1.07. The maximum Gasteiger partial charge on any atom is 0.270 e. The molecule has 0 saturated carbocycles. The molecule has 5 rings (SSSR count). The fourth-order valence-electron chi connectivity index (χ4n) is 4.27. The molecule has 0 spiro atoms. The summed E-state index contributed by atoms with van der Waals surface area (Å²) in [7, 11) is 0. The standard InChI is InChI=1S/C22H17FN2O3S/c1-12(26)18-19-15-5-3-4-6-16(15)28-22(18,2)24-21-25(19)20(27)17(29-21)11-13-7-9-14(23)10-8-13/h3-11,18-19H,1-2H3/b17-11-/t18-,19+,22+/m1/s1. The second kappa shape index (κ2) is 6.22. The van der Waals surface area contributed by atoms with Crippen LogP contribution in [0.4, 0.5) is 4.39 Å². The predicted molar refractivity (Wildman–Crippen MR) is 107 cm³/mol. The van der Waals surface area contributed by atoms with Crippen molar-refractivity contribution in [1.29, 1.82) is 0 Å². The molecular weight excluding hydrogens is 391 g/mol. The zero-order chi connectivity index (χ0) is 20.3. The summed E-state index contributed by atoms with van der Waals surface area (Å²) in [5.74, 6) is -0.382. The zero-order valence-electron chi connectivity index (χ0n) is 15.8. The van der Waals surface area contributed by atoms with Gasteiger partial charge in [0.15, 0.2) is 4.80 Å². The number of hydrogen-bond acceptors (Lipinski definition) is 5. The molecule has 146 valence electrons. The van der Waals surface area contributed by atoms with E-state index in [0.717, 1.165) is 11.1 Å². The van der Waals surface area contributed by atoms with Crippen LogP contribution >= 0.6 is 11.3 Å². The Morgan fingerprint density at radius 1 is 1.24 bits per heavy atom. The molecule has 0 aliphatic carbocycles. The number of rotatable bonds is 2. The molecule has 3 aromatic rings. The van der Waals surface area contributed by atoms with Gasteiger partial charge in [0.25, 0.3) is 5.56 Å². The van der Waals surface area contributed by atoms with Crippen LogP contribution in [0.15, 0.2) is 58.3 Å². The number of nitrogens with zero attached hydrogens (tertiary/aromatic N) is 2. The lowest BCUT2D eigenvalue weighted by molar-refractivity contribution is -0.132. The van der Waals surface area contributed by atoms with E-state index in [0.29, 0.717) is 15.1 Å². The molecule has 1 aromatic heterocycles. The van der Waals surface area contributed by atoms with Crippen molar-refractivity contribution < 1.29 is 13.9 Å². The zero-order valence-corrected chi connectivity index (χ0v) is 16.6. The Morgan fingerprint density at radius 3 is 2.69 bits per heavy atom. The van der Waals surface area contributed by atoms with Crippen LogP contribution in [0.2, 0.25) is 0 Å². The highest BCUT2D eigenvalue weighted by molar-refractivity contribution is 7.07. The fraction of sp³-hybridized carbons (Fsp3) is 0.227. The highest BCUT2D eigenvalue weighted by atomic mass is 32.1. The van der Waals surface area contributed by atoms with Crippen molar-refractivity contribution in [3.63, 3.8) is 0 Å². The molecule has 0 saturated heterocycles. The van der Waals surface area contributed by atoms with Gasteiger partial charge in [0.05, 0.1) is 10.6 Å². The third-order valence-corrected chi connectivity index (χ3v) is 6.47. The van der Waals surface area contributed by atoms with Gasteiger partial charge in [-0.3, -0.25) is 14.2 Å². The summed E-state index contributed by atoms with van der Waals surface area (Å²) in [5.41, 5.74) is 0.231. The van der Waals surface area contributed by atoms with Gasteiger partial charge in [0.1, 0.15) is 23.3 Å². The minimum absolute atomic E-state index is 0.0800. The lowest BCUT2D eigenvalue weighted by Crippen LogP contribution is -2.58. The van der Waals surface area contributed by atoms with Gasteiger partial charge >= 0.3 is 0 Å². The van der Waals surface area contributed by atoms with E-state index >= 15 is 0 Å². The van der Waals surface area contributed by atoms with E-state index in [1.807, 2.05) is 24.3 Å². The summed E-state index contributed by atoms with van der Waals surface area (Å²) in [4.78, 5) is 31.1. The van der Waals surface area contributed by atoms with Crippen LogP contribution in [0.3, 0.4) is 0 Å². The van der Waals surface area contributed by atoms with E-state index in [1.165, 1.54) is 30.4 Å². The molecule has 3 heterocycles. The van der Waals surface area contributed by atoms with Gasteiger partial charge < -0.3 is 4.74 Å². The molecule has 5 nitrogen and oxygen atoms in total. The molecule has 2 aliphatic heterocycles. The molecule has 0 unspecified atom stereocenters. The average Bonchev–Trinajstić information content (AvgIpc) is 2.96. The molecule has 0 N–H and O–H groups in total. The van der Waals surface area contributed by atoms with Crippen molar-refractivity contribution in [1.82, 2.24) is 4.57 Å². The first kappa shape index (κ1) is 18.0. The van der Waals surface area contributed by atoms with Crippen molar-refractivity contribution in [2.75, 3.05) is 0 Å². The lowest BCUT2D eigenvalue weighted by atomic mass is 9.79. The third-order valence-electron chi connectivity index (χ3n) is 5.49. The van der Waals surface area contributed by atoms with Crippen LogP contribution in [-0.2, 0) is 4.79 Å². The smallest absolute Gasteiger partial charge is 0.270 e. The molecule has 2 aliphatic rings. The Labute approximate surface area is 169 Å². The van der Waals surface area contributed by atoms with Gasteiger partial charge in [-0.15, -0.1) is 0 Å². The van der Waals surface area contributed by atoms with Crippen molar-refractivity contribution in [2.24, 2.45) is 10.9 Å². The highest BCUT2D eigenvalue weighted by Crippen LogP contribution is 2.47.